The van der Waals surface area contributed by atoms with Crippen LogP contribution in [0.4, 0.5) is 5.13 Å². The third-order valence-corrected chi connectivity index (χ3v) is 4.58. The van der Waals surface area contributed by atoms with E-state index in [0.29, 0.717) is 17.6 Å². The van der Waals surface area contributed by atoms with Gasteiger partial charge in [0.15, 0.2) is 5.13 Å². The van der Waals surface area contributed by atoms with Crippen molar-refractivity contribution in [3.05, 3.63) is 11.1 Å². The first-order valence-electron chi connectivity index (χ1n) is 7.19. The number of hydrogen-bond donors (Lipinski definition) is 2. The van der Waals surface area contributed by atoms with Crippen molar-refractivity contribution in [2.24, 2.45) is 5.92 Å². The van der Waals surface area contributed by atoms with Gasteiger partial charge in [0, 0.05) is 11.8 Å². The lowest BCUT2D eigenvalue weighted by atomic mass is 9.92. The van der Waals surface area contributed by atoms with Gasteiger partial charge in [0.25, 0.3) is 0 Å². The normalized spacial score (nSPS) is 16.8. The van der Waals surface area contributed by atoms with E-state index >= 15 is 0 Å². The number of aryl methyl sites for hydroxylation is 1. The monoisotopic (exact) mass is 311 g/mol. The molecule has 21 heavy (non-hydrogen) atoms. The molecule has 2 heterocycles. The molecule has 2 N–H and O–H groups in total. The Morgan fingerprint density at radius 1 is 1.48 bits per heavy atom. The maximum absolute atomic E-state index is 11.9. The van der Waals surface area contributed by atoms with Crippen LogP contribution in [-0.2, 0) is 9.59 Å². The van der Waals surface area contributed by atoms with E-state index in [9.17, 15) is 9.59 Å². The van der Waals surface area contributed by atoms with E-state index < -0.39 is 5.97 Å². The first-order chi connectivity index (χ1) is 10.0. The Hall–Kier alpha value is -1.47. The first-order valence-corrected chi connectivity index (χ1v) is 8.07. The number of aliphatic carboxylic acids is 1. The number of carboxylic acid groups (broad SMARTS) is 1. The highest BCUT2D eigenvalue weighted by Gasteiger charge is 2.21. The Morgan fingerprint density at radius 2 is 2.19 bits per heavy atom. The van der Waals surface area contributed by atoms with Gasteiger partial charge < -0.3 is 10.4 Å². The lowest BCUT2D eigenvalue weighted by molar-refractivity contribution is -0.137. The summed E-state index contributed by atoms with van der Waals surface area (Å²) in [5, 5.41) is 14.1. The van der Waals surface area contributed by atoms with Crippen LogP contribution < -0.4 is 5.32 Å². The Morgan fingerprint density at radius 3 is 2.76 bits per heavy atom. The fourth-order valence-corrected chi connectivity index (χ4v) is 3.24. The highest BCUT2D eigenvalue weighted by atomic mass is 32.1. The number of hydrogen-bond acceptors (Lipinski definition) is 5. The van der Waals surface area contributed by atoms with E-state index in [4.69, 9.17) is 5.11 Å². The van der Waals surface area contributed by atoms with Gasteiger partial charge >= 0.3 is 5.97 Å². The number of anilines is 1. The van der Waals surface area contributed by atoms with E-state index in [1.807, 2.05) is 12.3 Å². The molecule has 1 saturated heterocycles. The van der Waals surface area contributed by atoms with Crippen molar-refractivity contribution in [3.63, 3.8) is 0 Å². The number of piperidine rings is 1. The van der Waals surface area contributed by atoms with E-state index in [-0.39, 0.29) is 12.3 Å². The van der Waals surface area contributed by atoms with Crippen LogP contribution in [0, 0.1) is 12.8 Å². The molecular formula is C14H21N3O3S. The molecule has 1 aromatic rings. The Bertz CT molecular complexity index is 495. The summed E-state index contributed by atoms with van der Waals surface area (Å²) in [6, 6.07) is 0. The molecule has 0 radical (unpaired) electrons. The summed E-state index contributed by atoms with van der Waals surface area (Å²) >= 11 is 1.43. The molecular weight excluding hydrogens is 290 g/mol. The minimum Gasteiger partial charge on any atom is -0.481 e. The Labute approximate surface area is 128 Å². The maximum Gasteiger partial charge on any atom is 0.303 e. The predicted octanol–water partition coefficient (Wildman–Crippen LogP) is 1.97. The van der Waals surface area contributed by atoms with Crippen LogP contribution in [0.1, 0.15) is 31.4 Å². The summed E-state index contributed by atoms with van der Waals surface area (Å²) in [6.07, 6.45) is 2.93. The number of carbonyl (C=O) groups excluding carboxylic acids is 1. The molecule has 0 aromatic carbocycles. The zero-order chi connectivity index (χ0) is 15.2. The van der Waals surface area contributed by atoms with Gasteiger partial charge in [-0.1, -0.05) is 0 Å². The molecule has 7 heteroatoms. The van der Waals surface area contributed by atoms with Crippen LogP contribution >= 0.6 is 11.3 Å². The van der Waals surface area contributed by atoms with Crippen molar-refractivity contribution in [2.75, 3.05) is 25.0 Å². The molecule has 0 unspecified atom stereocenters. The van der Waals surface area contributed by atoms with Crippen molar-refractivity contribution in [1.29, 1.82) is 0 Å². The quantitative estimate of drug-likeness (QED) is 0.839. The van der Waals surface area contributed by atoms with Crippen LogP contribution in [0.2, 0.25) is 0 Å². The number of nitrogens with zero attached hydrogens (tertiary/aromatic N) is 2. The molecule has 116 valence electrons. The topological polar surface area (TPSA) is 82.5 Å². The number of rotatable bonds is 6. The SMILES string of the molecule is Cc1csc(NC(=O)CN2CCC(CCC(=O)O)CC2)n1. The second-order valence-electron chi connectivity index (χ2n) is 5.49. The minimum absolute atomic E-state index is 0.0339. The van der Waals surface area contributed by atoms with Gasteiger partial charge in [0.05, 0.1) is 12.2 Å². The molecule has 0 bridgehead atoms. The van der Waals surface area contributed by atoms with Crippen molar-refractivity contribution in [3.8, 4) is 0 Å². The second kappa shape index (κ2) is 7.51. The van der Waals surface area contributed by atoms with Gasteiger partial charge in [-0.05, 0) is 45.2 Å². The zero-order valence-electron chi connectivity index (χ0n) is 12.2. The molecule has 2 rings (SSSR count). The summed E-state index contributed by atoms with van der Waals surface area (Å²) < 4.78 is 0. The third-order valence-electron chi connectivity index (χ3n) is 3.71. The molecule has 0 aliphatic carbocycles. The fourth-order valence-electron chi connectivity index (χ4n) is 2.53. The second-order valence-corrected chi connectivity index (χ2v) is 6.35. The van der Waals surface area contributed by atoms with Crippen molar-refractivity contribution in [1.82, 2.24) is 9.88 Å². The van der Waals surface area contributed by atoms with E-state index in [2.05, 4.69) is 15.2 Å². The van der Waals surface area contributed by atoms with Crippen LogP contribution in [0.15, 0.2) is 5.38 Å². The van der Waals surface area contributed by atoms with Crippen LogP contribution in [0.5, 0.6) is 0 Å². The number of carbonyl (C=O) groups is 2. The molecule has 0 atom stereocenters. The zero-order valence-corrected chi connectivity index (χ0v) is 13.0. The lowest BCUT2D eigenvalue weighted by Crippen LogP contribution is -2.39. The average molecular weight is 311 g/mol. The molecule has 1 aliphatic rings. The Kier molecular flexibility index (Phi) is 5.69. The van der Waals surface area contributed by atoms with Crippen molar-refractivity contribution in [2.45, 2.75) is 32.6 Å². The molecule has 6 nitrogen and oxygen atoms in total. The summed E-state index contributed by atoms with van der Waals surface area (Å²) in [7, 11) is 0. The van der Waals surface area contributed by atoms with Crippen LogP contribution in [-0.4, -0.2) is 46.5 Å². The smallest absolute Gasteiger partial charge is 0.303 e. The number of amides is 1. The lowest BCUT2D eigenvalue weighted by Gasteiger charge is -2.31. The number of thiazole rings is 1. The van der Waals surface area contributed by atoms with Crippen LogP contribution in [0.25, 0.3) is 0 Å². The first kappa shape index (κ1) is 15.9. The minimum atomic E-state index is -0.726. The number of nitrogens with one attached hydrogen (secondary N) is 1. The number of aromatic nitrogens is 1. The summed E-state index contributed by atoms with van der Waals surface area (Å²) in [4.78, 5) is 28.8. The number of likely N-dealkylation sites (tertiary alicyclic amines) is 1. The molecule has 1 fully saturated rings. The van der Waals surface area contributed by atoms with Gasteiger partial charge in [0.2, 0.25) is 5.91 Å². The highest BCUT2D eigenvalue weighted by Crippen LogP contribution is 2.22. The molecule has 0 spiro atoms. The maximum atomic E-state index is 11.9. The molecule has 1 aliphatic heterocycles. The van der Waals surface area contributed by atoms with Gasteiger partial charge in [-0.2, -0.15) is 0 Å². The molecule has 0 saturated carbocycles. The molecule has 1 amide bonds. The summed E-state index contributed by atoms with van der Waals surface area (Å²) in [6.45, 7) is 3.99. The third kappa shape index (κ3) is 5.43. The summed E-state index contributed by atoms with van der Waals surface area (Å²) in [5.74, 6) is -0.286. The van der Waals surface area contributed by atoms with Gasteiger partial charge in [-0.3, -0.25) is 14.5 Å². The fraction of sp³-hybridized carbons (Fsp3) is 0.643. The van der Waals surface area contributed by atoms with E-state index in [1.165, 1.54) is 11.3 Å². The van der Waals surface area contributed by atoms with Crippen molar-refractivity contribution >= 4 is 28.3 Å². The van der Waals surface area contributed by atoms with E-state index in [0.717, 1.165) is 38.0 Å². The van der Waals surface area contributed by atoms with Crippen molar-refractivity contribution < 1.29 is 14.7 Å². The Balaban J connectivity index is 1.68. The largest absolute Gasteiger partial charge is 0.481 e. The molecule has 1 aromatic heterocycles. The predicted molar refractivity (Wildman–Crippen MR) is 81.5 cm³/mol. The van der Waals surface area contributed by atoms with Gasteiger partial charge in [0.1, 0.15) is 0 Å². The highest BCUT2D eigenvalue weighted by molar-refractivity contribution is 7.13. The summed E-state index contributed by atoms with van der Waals surface area (Å²) in [5.41, 5.74) is 0.912. The van der Waals surface area contributed by atoms with Crippen LogP contribution in [0.3, 0.4) is 0 Å². The van der Waals surface area contributed by atoms with E-state index in [1.54, 1.807) is 0 Å². The van der Waals surface area contributed by atoms with Gasteiger partial charge in [-0.25, -0.2) is 4.98 Å². The van der Waals surface area contributed by atoms with Gasteiger partial charge in [-0.15, -0.1) is 11.3 Å². The average Bonchev–Trinajstić information content (AvgIpc) is 2.83. The standard InChI is InChI=1S/C14H21N3O3S/c1-10-9-21-14(15-10)16-12(18)8-17-6-4-11(5-7-17)2-3-13(19)20/h9,11H,2-8H2,1H3,(H,19,20)(H,15,16,18). The number of carboxylic acids is 1.